The summed E-state index contributed by atoms with van der Waals surface area (Å²) < 4.78 is 0. The van der Waals surface area contributed by atoms with Gasteiger partial charge in [0.25, 0.3) is 0 Å². The Kier molecular flexibility index (Phi) is 4.94. The molecular weight excluding hydrogens is 274 g/mol. The number of hydrogen-bond donors (Lipinski definition) is 1. The molecule has 1 saturated heterocycles. The third-order valence-corrected chi connectivity index (χ3v) is 4.62. The Balaban J connectivity index is 1.87. The van der Waals surface area contributed by atoms with Crippen molar-refractivity contribution >= 4 is 23.0 Å². The Morgan fingerprint density at radius 1 is 1.40 bits per heavy atom. The van der Waals surface area contributed by atoms with Crippen LogP contribution in [0.15, 0.2) is 6.07 Å². The van der Waals surface area contributed by atoms with E-state index in [1.165, 1.54) is 0 Å². The molecule has 1 fully saturated rings. The van der Waals surface area contributed by atoms with Crippen LogP contribution in [0, 0.1) is 13.8 Å². The predicted octanol–water partition coefficient (Wildman–Crippen LogP) is 2.31. The van der Waals surface area contributed by atoms with E-state index in [0.717, 1.165) is 28.2 Å². The molecule has 2 rings (SSSR count). The maximum atomic E-state index is 12.1. The van der Waals surface area contributed by atoms with Crippen molar-refractivity contribution < 1.29 is 14.7 Å². The van der Waals surface area contributed by atoms with Crippen molar-refractivity contribution in [3.63, 3.8) is 0 Å². The van der Waals surface area contributed by atoms with Crippen molar-refractivity contribution in [3.8, 4) is 0 Å². The number of aliphatic hydroxyl groups is 1. The third-order valence-electron chi connectivity index (χ3n) is 3.66. The number of carbonyl (C=O) groups is 2. The zero-order valence-corrected chi connectivity index (χ0v) is 12.8. The summed E-state index contributed by atoms with van der Waals surface area (Å²) in [6, 6.07) is 1.90. The molecule has 1 unspecified atom stereocenters. The van der Waals surface area contributed by atoms with Crippen LogP contribution in [0.3, 0.4) is 0 Å². The van der Waals surface area contributed by atoms with Gasteiger partial charge < -0.3 is 10.0 Å². The van der Waals surface area contributed by atoms with Crippen LogP contribution in [0.25, 0.3) is 0 Å². The van der Waals surface area contributed by atoms with Gasteiger partial charge in [-0.1, -0.05) is 0 Å². The van der Waals surface area contributed by atoms with Gasteiger partial charge in [-0.25, -0.2) is 0 Å². The molecule has 0 aliphatic carbocycles. The van der Waals surface area contributed by atoms with E-state index < -0.39 is 6.10 Å². The molecule has 2 heterocycles. The second-order valence-corrected chi connectivity index (χ2v) is 6.85. The fourth-order valence-electron chi connectivity index (χ4n) is 2.60. The van der Waals surface area contributed by atoms with Gasteiger partial charge >= 0.3 is 0 Å². The highest BCUT2D eigenvalue weighted by Crippen LogP contribution is 2.22. The number of β-amino-alcohol motifs (C(OH)–C–C–N with tert-alkyl or cyclic N) is 1. The molecule has 1 aliphatic rings. The van der Waals surface area contributed by atoms with E-state index in [1.54, 1.807) is 16.2 Å². The van der Waals surface area contributed by atoms with Crippen molar-refractivity contribution in [2.45, 2.75) is 45.6 Å². The summed E-state index contributed by atoms with van der Waals surface area (Å²) >= 11 is 1.61. The SMILES string of the molecule is Cc1cc(C(=O)CCC(=O)N2CCCC(O)C2)c(C)s1. The Labute approximate surface area is 123 Å². The Hall–Kier alpha value is -1.20. The highest BCUT2D eigenvalue weighted by Gasteiger charge is 2.22. The molecule has 0 aromatic carbocycles. The minimum Gasteiger partial charge on any atom is -0.391 e. The smallest absolute Gasteiger partial charge is 0.223 e. The maximum absolute atomic E-state index is 12.1. The van der Waals surface area contributed by atoms with Crippen molar-refractivity contribution in [1.82, 2.24) is 4.90 Å². The largest absolute Gasteiger partial charge is 0.391 e. The van der Waals surface area contributed by atoms with Gasteiger partial charge in [-0.3, -0.25) is 9.59 Å². The molecule has 1 N–H and O–H groups in total. The van der Waals surface area contributed by atoms with E-state index in [9.17, 15) is 14.7 Å². The molecule has 1 aliphatic heterocycles. The van der Waals surface area contributed by atoms with E-state index in [4.69, 9.17) is 0 Å². The number of rotatable bonds is 4. The fraction of sp³-hybridized carbons (Fsp3) is 0.600. The fourth-order valence-corrected chi connectivity index (χ4v) is 3.54. The zero-order chi connectivity index (χ0) is 14.7. The topological polar surface area (TPSA) is 57.6 Å². The van der Waals surface area contributed by atoms with Gasteiger partial charge in [0.1, 0.15) is 0 Å². The lowest BCUT2D eigenvalue weighted by Crippen LogP contribution is -2.42. The molecule has 110 valence electrons. The number of Topliss-reactive ketones (excluding diaryl/α,β-unsaturated/α-hetero) is 1. The molecule has 0 radical (unpaired) electrons. The number of carbonyl (C=O) groups excluding carboxylic acids is 2. The van der Waals surface area contributed by atoms with E-state index in [1.807, 2.05) is 19.9 Å². The lowest BCUT2D eigenvalue weighted by Gasteiger charge is -2.30. The normalized spacial score (nSPS) is 19.1. The Bertz CT molecular complexity index is 509. The number of aryl methyl sites for hydroxylation is 2. The standard InChI is InChI=1S/C15H21NO3S/c1-10-8-13(11(2)20-10)14(18)5-6-15(19)16-7-3-4-12(17)9-16/h8,12,17H,3-7,9H2,1-2H3. The first kappa shape index (κ1) is 15.2. The van der Waals surface area contributed by atoms with Crippen LogP contribution >= 0.6 is 11.3 Å². The Morgan fingerprint density at radius 3 is 2.75 bits per heavy atom. The molecule has 0 bridgehead atoms. The van der Waals surface area contributed by atoms with Gasteiger partial charge in [-0.05, 0) is 32.8 Å². The highest BCUT2D eigenvalue weighted by atomic mass is 32.1. The number of aliphatic hydroxyl groups excluding tert-OH is 1. The van der Waals surface area contributed by atoms with Gasteiger partial charge in [-0.15, -0.1) is 11.3 Å². The maximum Gasteiger partial charge on any atom is 0.223 e. The number of piperidine rings is 1. The minimum absolute atomic E-state index is 0.0262. The van der Waals surface area contributed by atoms with Crippen LogP contribution < -0.4 is 0 Å². The molecule has 20 heavy (non-hydrogen) atoms. The lowest BCUT2D eigenvalue weighted by molar-refractivity contribution is -0.134. The van der Waals surface area contributed by atoms with Gasteiger partial charge in [0, 0.05) is 41.2 Å². The molecule has 1 aromatic rings. The van der Waals surface area contributed by atoms with Crippen molar-refractivity contribution in [3.05, 3.63) is 21.4 Å². The van der Waals surface area contributed by atoms with Crippen LogP contribution in [-0.4, -0.2) is 40.9 Å². The number of ketones is 1. The first-order valence-electron chi connectivity index (χ1n) is 7.03. The van der Waals surface area contributed by atoms with Crippen LogP contribution in [0.2, 0.25) is 0 Å². The van der Waals surface area contributed by atoms with Gasteiger partial charge in [0.05, 0.1) is 6.10 Å². The summed E-state index contributed by atoms with van der Waals surface area (Å²) in [5.74, 6) is 0.0134. The van der Waals surface area contributed by atoms with Crippen LogP contribution in [0.1, 0.15) is 45.8 Å². The number of likely N-dealkylation sites (tertiary alicyclic amines) is 1. The van der Waals surface area contributed by atoms with E-state index in [0.29, 0.717) is 13.1 Å². The minimum atomic E-state index is -0.412. The van der Waals surface area contributed by atoms with E-state index in [-0.39, 0.29) is 24.5 Å². The number of thiophene rings is 1. The quantitative estimate of drug-likeness (QED) is 0.867. The Morgan fingerprint density at radius 2 is 2.15 bits per heavy atom. The predicted molar refractivity (Wildman–Crippen MR) is 79.2 cm³/mol. The number of amides is 1. The van der Waals surface area contributed by atoms with Gasteiger partial charge in [-0.2, -0.15) is 0 Å². The first-order chi connectivity index (χ1) is 9.47. The number of nitrogens with zero attached hydrogens (tertiary/aromatic N) is 1. The van der Waals surface area contributed by atoms with E-state index in [2.05, 4.69) is 0 Å². The summed E-state index contributed by atoms with van der Waals surface area (Å²) in [6.07, 6.45) is 1.67. The average Bonchev–Trinajstić information content (AvgIpc) is 2.74. The van der Waals surface area contributed by atoms with Crippen molar-refractivity contribution in [2.24, 2.45) is 0 Å². The summed E-state index contributed by atoms with van der Waals surface area (Å²) in [5, 5.41) is 9.56. The molecule has 1 atom stereocenters. The lowest BCUT2D eigenvalue weighted by atomic mass is 10.0. The molecule has 1 amide bonds. The molecule has 1 aromatic heterocycles. The van der Waals surface area contributed by atoms with E-state index >= 15 is 0 Å². The zero-order valence-electron chi connectivity index (χ0n) is 12.0. The van der Waals surface area contributed by atoms with Gasteiger partial charge in [0.15, 0.2) is 5.78 Å². The molecular formula is C15H21NO3S. The van der Waals surface area contributed by atoms with Gasteiger partial charge in [0.2, 0.25) is 5.91 Å². The van der Waals surface area contributed by atoms with Crippen LogP contribution in [0.5, 0.6) is 0 Å². The second-order valence-electron chi connectivity index (χ2n) is 5.39. The first-order valence-corrected chi connectivity index (χ1v) is 7.85. The molecule has 4 nitrogen and oxygen atoms in total. The molecule has 0 spiro atoms. The monoisotopic (exact) mass is 295 g/mol. The average molecular weight is 295 g/mol. The van der Waals surface area contributed by atoms with Crippen molar-refractivity contribution in [1.29, 1.82) is 0 Å². The second kappa shape index (κ2) is 6.50. The molecule has 0 saturated carbocycles. The molecule has 5 heteroatoms. The van der Waals surface area contributed by atoms with Crippen LogP contribution in [-0.2, 0) is 4.79 Å². The summed E-state index contributed by atoms with van der Waals surface area (Å²) in [7, 11) is 0. The van der Waals surface area contributed by atoms with Crippen LogP contribution in [0.4, 0.5) is 0 Å². The summed E-state index contributed by atoms with van der Waals surface area (Å²) in [6.45, 7) is 5.02. The van der Waals surface area contributed by atoms with Crippen molar-refractivity contribution in [2.75, 3.05) is 13.1 Å². The summed E-state index contributed by atoms with van der Waals surface area (Å²) in [5.41, 5.74) is 0.749. The number of hydrogen-bond acceptors (Lipinski definition) is 4. The third kappa shape index (κ3) is 3.67. The summed E-state index contributed by atoms with van der Waals surface area (Å²) in [4.78, 5) is 28.0. The highest BCUT2D eigenvalue weighted by molar-refractivity contribution is 7.12.